The molecule has 3 heteroatoms. The second-order valence-electron chi connectivity index (χ2n) is 3.19. The summed E-state index contributed by atoms with van der Waals surface area (Å²) in [6.07, 6.45) is 1.02. The lowest BCUT2D eigenvalue weighted by molar-refractivity contribution is 0.0809. The van der Waals surface area contributed by atoms with E-state index in [2.05, 4.69) is 4.90 Å². The van der Waals surface area contributed by atoms with E-state index in [1.54, 1.807) is 11.3 Å². The first-order chi connectivity index (χ1) is 5.86. The van der Waals surface area contributed by atoms with Crippen LogP contribution in [0, 0.1) is 0 Å². The molecular formula is C9H13NOS. The largest absolute Gasteiger partial charge is 0.386 e. The van der Waals surface area contributed by atoms with Gasteiger partial charge in [-0.05, 0) is 31.0 Å². The first kappa shape index (κ1) is 8.23. The average molecular weight is 183 g/mol. The summed E-state index contributed by atoms with van der Waals surface area (Å²) >= 11 is 1.63. The number of rotatable bonds is 3. The molecule has 1 aromatic rings. The molecule has 0 radical (unpaired) electrons. The van der Waals surface area contributed by atoms with Gasteiger partial charge < -0.3 is 10.0 Å². The quantitative estimate of drug-likeness (QED) is 0.767. The van der Waals surface area contributed by atoms with Gasteiger partial charge in [-0.25, -0.2) is 0 Å². The topological polar surface area (TPSA) is 23.5 Å². The molecule has 1 saturated heterocycles. The number of hydrogen-bond acceptors (Lipinski definition) is 3. The number of thiophene rings is 1. The smallest absolute Gasteiger partial charge is 0.101 e. The van der Waals surface area contributed by atoms with Crippen LogP contribution in [0.2, 0.25) is 0 Å². The van der Waals surface area contributed by atoms with E-state index < -0.39 is 0 Å². The second kappa shape index (κ2) is 3.56. The van der Waals surface area contributed by atoms with Gasteiger partial charge in [-0.2, -0.15) is 0 Å². The highest BCUT2D eigenvalue weighted by atomic mass is 32.1. The minimum atomic E-state index is -0.273. The molecule has 0 spiro atoms. The summed E-state index contributed by atoms with van der Waals surface area (Å²) < 4.78 is 0. The van der Waals surface area contributed by atoms with Crippen molar-refractivity contribution in [2.24, 2.45) is 0 Å². The molecule has 0 amide bonds. The number of likely N-dealkylation sites (tertiary alicyclic amines) is 1. The maximum Gasteiger partial charge on any atom is 0.101 e. The second-order valence-corrected chi connectivity index (χ2v) is 4.16. The van der Waals surface area contributed by atoms with E-state index in [0.717, 1.165) is 24.5 Å². The molecule has 0 aromatic carbocycles. The highest BCUT2D eigenvalue weighted by Crippen LogP contribution is 2.21. The van der Waals surface area contributed by atoms with Crippen LogP contribution in [0.3, 0.4) is 0 Å². The molecule has 1 unspecified atom stereocenters. The van der Waals surface area contributed by atoms with E-state index in [-0.39, 0.29) is 6.10 Å². The Bertz CT molecular complexity index is 231. The lowest BCUT2D eigenvalue weighted by Crippen LogP contribution is -2.39. The fourth-order valence-corrected chi connectivity index (χ4v) is 2.08. The molecule has 2 nitrogen and oxygen atoms in total. The SMILES string of the molecule is OC(CN1CCC1)c1cccs1. The van der Waals surface area contributed by atoms with Crippen LogP contribution in [0.1, 0.15) is 17.4 Å². The third kappa shape index (κ3) is 1.68. The molecule has 0 bridgehead atoms. The standard InChI is InChI=1S/C9H13NOS/c11-8(7-10-4-2-5-10)9-3-1-6-12-9/h1,3,6,8,11H,2,4-5,7H2. The number of nitrogens with zero attached hydrogens (tertiary/aromatic N) is 1. The van der Waals surface area contributed by atoms with Gasteiger partial charge in [-0.15, -0.1) is 11.3 Å². The molecule has 1 aliphatic rings. The van der Waals surface area contributed by atoms with Gasteiger partial charge in [0.25, 0.3) is 0 Å². The summed E-state index contributed by atoms with van der Waals surface area (Å²) in [4.78, 5) is 3.37. The van der Waals surface area contributed by atoms with E-state index in [9.17, 15) is 5.11 Å². The first-order valence-electron chi connectivity index (χ1n) is 4.30. The van der Waals surface area contributed by atoms with Crippen molar-refractivity contribution in [3.63, 3.8) is 0 Å². The monoisotopic (exact) mass is 183 g/mol. The molecule has 12 heavy (non-hydrogen) atoms. The van der Waals surface area contributed by atoms with Crippen molar-refractivity contribution >= 4 is 11.3 Å². The Kier molecular flexibility index (Phi) is 2.44. The number of aliphatic hydroxyl groups excluding tert-OH is 1. The van der Waals surface area contributed by atoms with Crippen molar-refractivity contribution in [3.8, 4) is 0 Å². The third-order valence-corrected chi connectivity index (χ3v) is 3.22. The van der Waals surface area contributed by atoms with E-state index >= 15 is 0 Å². The maximum absolute atomic E-state index is 9.71. The third-order valence-electron chi connectivity index (χ3n) is 2.25. The van der Waals surface area contributed by atoms with E-state index in [0.29, 0.717) is 0 Å². The van der Waals surface area contributed by atoms with Gasteiger partial charge in [0.1, 0.15) is 6.10 Å². The minimum absolute atomic E-state index is 0.273. The van der Waals surface area contributed by atoms with Gasteiger partial charge in [-0.1, -0.05) is 6.07 Å². The van der Waals surface area contributed by atoms with Crippen molar-refractivity contribution in [1.29, 1.82) is 0 Å². The molecule has 2 heterocycles. The zero-order valence-electron chi connectivity index (χ0n) is 6.94. The van der Waals surface area contributed by atoms with E-state index in [1.165, 1.54) is 6.42 Å². The molecule has 66 valence electrons. The zero-order valence-corrected chi connectivity index (χ0v) is 7.76. The maximum atomic E-state index is 9.71. The molecule has 1 atom stereocenters. The van der Waals surface area contributed by atoms with Gasteiger partial charge in [-0.3, -0.25) is 0 Å². The van der Waals surface area contributed by atoms with Gasteiger partial charge in [0.05, 0.1) is 0 Å². The summed E-state index contributed by atoms with van der Waals surface area (Å²) in [7, 11) is 0. The molecule has 0 saturated carbocycles. The lowest BCUT2D eigenvalue weighted by Gasteiger charge is -2.32. The van der Waals surface area contributed by atoms with Gasteiger partial charge >= 0.3 is 0 Å². The summed E-state index contributed by atoms with van der Waals surface area (Å²) in [6.45, 7) is 3.12. The summed E-state index contributed by atoms with van der Waals surface area (Å²) in [5, 5.41) is 11.7. The lowest BCUT2D eigenvalue weighted by atomic mass is 10.2. The van der Waals surface area contributed by atoms with Crippen LogP contribution >= 0.6 is 11.3 Å². The van der Waals surface area contributed by atoms with Crippen LogP contribution in [0.5, 0.6) is 0 Å². The normalized spacial score (nSPS) is 20.4. The van der Waals surface area contributed by atoms with Gasteiger partial charge in [0, 0.05) is 11.4 Å². The highest BCUT2D eigenvalue weighted by Gasteiger charge is 2.18. The zero-order chi connectivity index (χ0) is 8.39. The Morgan fingerprint density at radius 1 is 1.58 bits per heavy atom. The predicted octanol–water partition coefficient (Wildman–Crippen LogP) is 1.49. The molecular weight excluding hydrogens is 170 g/mol. The predicted molar refractivity (Wildman–Crippen MR) is 50.3 cm³/mol. The van der Waals surface area contributed by atoms with Crippen LogP contribution < -0.4 is 0 Å². The number of hydrogen-bond donors (Lipinski definition) is 1. The van der Waals surface area contributed by atoms with Crippen molar-refractivity contribution in [2.45, 2.75) is 12.5 Å². The summed E-state index contributed by atoms with van der Waals surface area (Å²) in [5.74, 6) is 0. The molecule has 2 rings (SSSR count). The van der Waals surface area contributed by atoms with Gasteiger partial charge in [0.2, 0.25) is 0 Å². The summed E-state index contributed by atoms with van der Waals surface area (Å²) in [5.41, 5.74) is 0. The fraction of sp³-hybridized carbons (Fsp3) is 0.556. The molecule has 1 fully saturated rings. The van der Waals surface area contributed by atoms with Gasteiger partial charge in [0.15, 0.2) is 0 Å². The van der Waals surface area contributed by atoms with Crippen LogP contribution in [-0.2, 0) is 0 Å². The Labute approximate surface area is 76.4 Å². The van der Waals surface area contributed by atoms with Crippen molar-refractivity contribution < 1.29 is 5.11 Å². The van der Waals surface area contributed by atoms with Crippen LogP contribution in [0.15, 0.2) is 17.5 Å². The average Bonchev–Trinajstić information content (AvgIpc) is 2.47. The fourth-order valence-electron chi connectivity index (χ4n) is 1.38. The van der Waals surface area contributed by atoms with Crippen molar-refractivity contribution in [2.75, 3.05) is 19.6 Å². The van der Waals surface area contributed by atoms with Crippen molar-refractivity contribution in [3.05, 3.63) is 22.4 Å². The molecule has 1 aromatic heterocycles. The minimum Gasteiger partial charge on any atom is -0.386 e. The van der Waals surface area contributed by atoms with Crippen LogP contribution in [-0.4, -0.2) is 29.6 Å². The highest BCUT2D eigenvalue weighted by molar-refractivity contribution is 7.10. The van der Waals surface area contributed by atoms with E-state index in [1.807, 2.05) is 17.5 Å². The Balaban J connectivity index is 1.87. The molecule has 1 aliphatic heterocycles. The van der Waals surface area contributed by atoms with E-state index in [4.69, 9.17) is 0 Å². The Hall–Kier alpha value is -0.380. The molecule has 0 aliphatic carbocycles. The Morgan fingerprint density at radius 3 is 2.92 bits per heavy atom. The Morgan fingerprint density at radius 2 is 2.42 bits per heavy atom. The molecule has 1 N–H and O–H groups in total. The van der Waals surface area contributed by atoms with Crippen molar-refractivity contribution in [1.82, 2.24) is 4.90 Å². The van der Waals surface area contributed by atoms with Crippen LogP contribution in [0.4, 0.5) is 0 Å². The van der Waals surface area contributed by atoms with Crippen LogP contribution in [0.25, 0.3) is 0 Å². The first-order valence-corrected chi connectivity index (χ1v) is 5.18. The number of aliphatic hydroxyl groups is 1. The number of β-amino-alcohol motifs (C(OH)–C–C–N with tert-alkyl or cyclic N) is 1. The summed E-state index contributed by atoms with van der Waals surface area (Å²) in [6, 6.07) is 3.98.